The number of carbonyl (C=O) groups is 1. The molecule has 0 aliphatic carbocycles. The Morgan fingerprint density at radius 3 is 2.79 bits per heavy atom. The van der Waals surface area contributed by atoms with Crippen LogP contribution in [0, 0.1) is 6.92 Å². The highest BCUT2D eigenvalue weighted by atomic mass is 79.9. The van der Waals surface area contributed by atoms with Crippen LogP contribution in [-0.4, -0.2) is 38.1 Å². The highest BCUT2D eigenvalue weighted by molar-refractivity contribution is 9.10. The molecular weight excluding hydrogens is 518 g/mol. The maximum absolute atomic E-state index is 13.6. The van der Waals surface area contributed by atoms with Crippen molar-refractivity contribution in [2.24, 2.45) is 0 Å². The largest absolute Gasteiger partial charge is 0.503 e. The number of thioether (sulfide) groups is 1. The van der Waals surface area contributed by atoms with Gasteiger partial charge in [0.15, 0.2) is 11.5 Å². The Morgan fingerprint density at radius 2 is 2.09 bits per heavy atom. The summed E-state index contributed by atoms with van der Waals surface area (Å²) in [6.07, 6.45) is 0. The van der Waals surface area contributed by atoms with Gasteiger partial charge in [0.2, 0.25) is 11.1 Å². The van der Waals surface area contributed by atoms with Crippen LogP contribution in [-0.2, 0) is 4.79 Å². The number of aromatic hydroxyl groups is 1. The predicted octanol–water partition coefficient (Wildman–Crippen LogP) is 5.49. The smallest absolute Gasteiger partial charge is 0.255 e. The topological polar surface area (TPSA) is 101 Å². The number of nitrogens with one attached hydrogen (secondary N) is 2. The predicted molar refractivity (Wildman–Crippen MR) is 138 cm³/mol. The average Bonchev–Trinajstić information content (AvgIpc) is 3.18. The standard InChI is InChI=1S/C24H26BrN5O3S/c1-5-33-18-12-15(11-17(25)21(18)31)20-19(22(32)27-16-9-7-8-13(3)10-16)14(4)26-23-28-24(34-6-2)29-30(20)23/h7-12,20,31H,5-6H2,1-4H3,(H,27,32)(H,26,28,29). The molecule has 0 fully saturated rings. The number of benzene rings is 2. The van der Waals surface area contributed by atoms with Gasteiger partial charge in [-0.1, -0.05) is 30.8 Å². The number of carbonyl (C=O) groups excluding carboxylic acids is 1. The monoisotopic (exact) mass is 543 g/mol. The molecule has 1 unspecified atom stereocenters. The van der Waals surface area contributed by atoms with Crippen molar-refractivity contribution in [2.75, 3.05) is 23.0 Å². The summed E-state index contributed by atoms with van der Waals surface area (Å²) < 4.78 is 7.83. The van der Waals surface area contributed by atoms with E-state index in [-0.39, 0.29) is 11.7 Å². The molecule has 3 N–H and O–H groups in total. The number of nitrogens with zero attached hydrogens (tertiary/aromatic N) is 3. The van der Waals surface area contributed by atoms with Gasteiger partial charge < -0.3 is 20.5 Å². The Morgan fingerprint density at radius 1 is 1.29 bits per heavy atom. The molecule has 3 aromatic rings. The number of anilines is 2. The molecule has 0 bridgehead atoms. The molecule has 34 heavy (non-hydrogen) atoms. The van der Waals surface area contributed by atoms with E-state index in [0.29, 0.717) is 44.9 Å². The second kappa shape index (κ2) is 10.1. The first-order valence-electron chi connectivity index (χ1n) is 10.9. The first-order chi connectivity index (χ1) is 16.3. The van der Waals surface area contributed by atoms with Gasteiger partial charge in [0.05, 0.1) is 16.7 Å². The fourth-order valence-electron chi connectivity index (χ4n) is 3.86. The van der Waals surface area contributed by atoms with Crippen molar-refractivity contribution >= 4 is 45.2 Å². The van der Waals surface area contributed by atoms with E-state index in [1.54, 1.807) is 16.8 Å². The fraction of sp³-hybridized carbons (Fsp3) is 0.292. The van der Waals surface area contributed by atoms with Gasteiger partial charge in [-0.05, 0) is 77.8 Å². The zero-order valence-electron chi connectivity index (χ0n) is 19.3. The average molecular weight is 544 g/mol. The number of hydrogen-bond acceptors (Lipinski definition) is 7. The summed E-state index contributed by atoms with van der Waals surface area (Å²) in [7, 11) is 0. The Balaban J connectivity index is 1.84. The lowest BCUT2D eigenvalue weighted by Gasteiger charge is -2.29. The number of fused-ring (bicyclic) bond motifs is 1. The third kappa shape index (κ3) is 4.78. The van der Waals surface area contributed by atoms with Crippen molar-refractivity contribution in [3.63, 3.8) is 0 Å². The summed E-state index contributed by atoms with van der Waals surface area (Å²) in [6.45, 7) is 8.09. The van der Waals surface area contributed by atoms with E-state index in [9.17, 15) is 9.90 Å². The minimum Gasteiger partial charge on any atom is -0.503 e. The van der Waals surface area contributed by atoms with Crippen molar-refractivity contribution in [1.82, 2.24) is 14.8 Å². The Hall–Kier alpha value is -2.98. The molecule has 0 saturated heterocycles. The normalized spacial score (nSPS) is 15.0. The van der Waals surface area contributed by atoms with Gasteiger partial charge in [-0.3, -0.25) is 4.79 Å². The molecule has 10 heteroatoms. The van der Waals surface area contributed by atoms with Crippen molar-refractivity contribution in [3.05, 3.63) is 63.3 Å². The van der Waals surface area contributed by atoms with Crippen molar-refractivity contribution in [1.29, 1.82) is 0 Å². The second-order valence-corrected chi connectivity index (χ2v) is 9.85. The molecule has 1 aromatic heterocycles. The van der Waals surface area contributed by atoms with Crippen molar-refractivity contribution in [3.8, 4) is 11.5 Å². The molecule has 1 aliphatic heterocycles. The first kappa shape index (κ1) is 24.2. The van der Waals surface area contributed by atoms with Gasteiger partial charge in [-0.15, -0.1) is 5.10 Å². The van der Waals surface area contributed by atoms with Crippen LogP contribution in [0.2, 0.25) is 0 Å². The van der Waals surface area contributed by atoms with Gasteiger partial charge in [-0.2, -0.15) is 4.98 Å². The fourth-order valence-corrected chi connectivity index (χ4v) is 4.88. The Bertz CT molecular complexity index is 1270. The highest BCUT2D eigenvalue weighted by Gasteiger charge is 2.35. The minimum atomic E-state index is -0.587. The van der Waals surface area contributed by atoms with Gasteiger partial charge in [0.1, 0.15) is 6.04 Å². The van der Waals surface area contributed by atoms with E-state index in [4.69, 9.17) is 4.74 Å². The van der Waals surface area contributed by atoms with Crippen molar-refractivity contribution < 1.29 is 14.6 Å². The van der Waals surface area contributed by atoms with Gasteiger partial charge in [0.25, 0.3) is 5.91 Å². The van der Waals surface area contributed by atoms with Crippen LogP contribution in [0.15, 0.2) is 57.3 Å². The van der Waals surface area contributed by atoms with Crippen LogP contribution in [0.5, 0.6) is 11.5 Å². The number of aryl methyl sites for hydroxylation is 1. The molecule has 1 amide bonds. The number of phenolic OH excluding ortho intramolecular Hbond substituents is 1. The van der Waals surface area contributed by atoms with Crippen LogP contribution in [0.25, 0.3) is 0 Å². The molecule has 0 radical (unpaired) electrons. The highest BCUT2D eigenvalue weighted by Crippen LogP contribution is 2.42. The second-order valence-electron chi connectivity index (χ2n) is 7.77. The summed E-state index contributed by atoms with van der Waals surface area (Å²) in [6, 6.07) is 10.6. The Labute approximate surface area is 210 Å². The lowest BCUT2D eigenvalue weighted by molar-refractivity contribution is -0.113. The molecule has 0 spiro atoms. The number of halogens is 1. The van der Waals surface area contributed by atoms with E-state index in [1.165, 1.54) is 11.8 Å². The SMILES string of the molecule is CCOc1cc(C2C(C(=O)Nc3cccc(C)c3)=C(C)Nc3nc(SCC)nn32)cc(Br)c1O. The molecule has 8 nitrogen and oxygen atoms in total. The van der Waals surface area contributed by atoms with Gasteiger partial charge >= 0.3 is 0 Å². The molecule has 0 saturated carbocycles. The first-order valence-corrected chi connectivity index (χ1v) is 12.7. The van der Waals surface area contributed by atoms with Crippen LogP contribution in [0.4, 0.5) is 11.6 Å². The summed E-state index contributed by atoms with van der Waals surface area (Å²) in [4.78, 5) is 18.2. The van der Waals surface area contributed by atoms with Gasteiger partial charge in [-0.25, -0.2) is 4.68 Å². The molecule has 1 atom stereocenters. The summed E-state index contributed by atoms with van der Waals surface area (Å²) in [5, 5.41) is 22.0. The number of hydrogen-bond donors (Lipinski definition) is 3. The summed E-state index contributed by atoms with van der Waals surface area (Å²) >= 11 is 4.95. The van der Waals surface area contributed by atoms with E-state index < -0.39 is 6.04 Å². The van der Waals surface area contributed by atoms with Crippen LogP contribution >= 0.6 is 27.7 Å². The molecular formula is C24H26BrN5O3S. The zero-order valence-corrected chi connectivity index (χ0v) is 21.7. The summed E-state index contributed by atoms with van der Waals surface area (Å²) in [5.41, 5.74) is 3.64. The number of ether oxygens (including phenoxy) is 1. The lowest BCUT2D eigenvalue weighted by atomic mass is 9.94. The number of amides is 1. The summed E-state index contributed by atoms with van der Waals surface area (Å²) in [5.74, 6) is 1.44. The van der Waals surface area contributed by atoms with E-state index in [1.807, 2.05) is 52.0 Å². The minimum absolute atomic E-state index is 0.00652. The zero-order chi connectivity index (χ0) is 24.4. The number of allylic oxidation sites excluding steroid dienone is 1. The molecule has 2 aromatic carbocycles. The molecule has 1 aliphatic rings. The van der Waals surface area contributed by atoms with Crippen LogP contribution < -0.4 is 15.4 Å². The molecule has 178 valence electrons. The van der Waals surface area contributed by atoms with E-state index in [2.05, 4.69) is 36.6 Å². The van der Waals surface area contributed by atoms with Crippen LogP contribution in [0.1, 0.15) is 37.9 Å². The van der Waals surface area contributed by atoms with E-state index in [0.717, 1.165) is 16.9 Å². The third-order valence-corrected chi connectivity index (χ3v) is 6.62. The maximum atomic E-state index is 13.6. The Kier molecular flexibility index (Phi) is 7.18. The van der Waals surface area contributed by atoms with Gasteiger partial charge in [0, 0.05) is 11.4 Å². The quantitative estimate of drug-likeness (QED) is 0.338. The molecule has 2 heterocycles. The van der Waals surface area contributed by atoms with Crippen LogP contribution in [0.3, 0.4) is 0 Å². The van der Waals surface area contributed by atoms with Crippen molar-refractivity contribution in [2.45, 2.75) is 38.9 Å². The maximum Gasteiger partial charge on any atom is 0.255 e. The molecule has 4 rings (SSSR count). The number of phenols is 1. The lowest BCUT2D eigenvalue weighted by Crippen LogP contribution is -2.31. The number of aromatic nitrogens is 3. The van der Waals surface area contributed by atoms with E-state index >= 15 is 0 Å². The number of rotatable bonds is 7. The third-order valence-electron chi connectivity index (χ3n) is 5.29.